The summed E-state index contributed by atoms with van der Waals surface area (Å²) in [7, 11) is -3.76. The van der Waals surface area contributed by atoms with E-state index in [9.17, 15) is 18.0 Å². The fourth-order valence-corrected chi connectivity index (χ4v) is 4.41. The predicted molar refractivity (Wildman–Crippen MR) is 133 cm³/mol. The van der Waals surface area contributed by atoms with E-state index in [0.717, 1.165) is 17.0 Å². The first-order chi connectivity index (χ1) is 15.4. The van der Waals surface area contributed by atoms with Crippen molar-refractivity contribution in [2.75, 3.05) is 17.1 Å². The molecule has 1 N–H and O–H groups in total. The monoisotopic (exact) mass is 513 g/mol. The molecule has 2 atom stereocenters. The van der Waals surface area contributed by atoms with Crippen molar-refractivity contribution in [3.05, 3.63) is 64.1 Å². The van der Waals surface area contributed by atoms with Crippen molar-refractivity contribution < 1.29 is 18.0 Å². The number of halogens is 2. The molecular formula is C23H29Cl2N3O4S. The number of benzene rings is 2. The van der Waals surface area contributed by atoms with Crippen LogP contribution in [0.15, 0.2) is 48.5 Å². The summed E-state index contributed by atoms with van der Waals surface area (Å²) in [6.07, 6.45) is 1.76. The SMILES string of the molecule is CC[C@H](C)NC(=O)[C@@H](C)N(Cc1ccc(Cl)cc1Cl)C(=O)CN(c1ccccc1)S(C)(=O)=O. The molecule has 0 fully saturated rings. The van der Waals surface area contributed by atoms with Crippen molar-refractivity contribution in [2.24, 2.45) is 0 Å². The first-order valence-electron chi connectivity index (χ1n) is 10.5. The van der Waals surface area contributed by atoms with Gasteiger partial charge in [0.2, 0.25) is 21.8 Å². The van der Waals surface area contributed by atoms with E-state index < -0.39 is 28.5 Å². The average Bonchev–Trinajstić information content (AvgIpc) is 2.76. The summed E-state index contributed by atoms with van der Waals surface area (Å²) in [5.41, 5.74) is 0.942. The molecule has 0 aromatic heterocycles. The van der Waals surface area contributed by atoms with Crippen LogP contribution >= 0.6 is 23.2 Å². The van der Waals surface area contributed by atoms with E-state index in [-0.39, 0.29) is 18.5 Å². The van der Waals surface area contributed by atoms with Crippen LogP contribution in [-0.2, 0) is 26.2 Å². The number of sulfonamides is 1. The predicted octanol–water partition coefficient (Wildman–Crippen LogP) is 4.09. The number of amides is 2. The minimum absolute atomic E-state index is 0.0102. The number of carbonyl (C=O) groups is 2. The average molecular weight is 514 g/mol. The maximum atomic E-state index is 13.4. The highest BCUT2D eigenvalue weighted by Crippen LogP contribution is 2.24. The Balaban J connectivity index is 2.39. The normalized spacial score (nSPS) is 13.2. The summed E-state index contributed by atoms with van der Waals surface area (Å²) in [4.78, 5) is 27.6. The summed E-state index contributed by atoms with van der Waals surface area (Å²) in [6.45, 7) is 4.96. The molecule has 0 spiro atoms. The molecule has 10 heteroatoms. The Morgan fingerprint density at radius 3 is 2.24 bits per heavy atom. The zero-order chi connectivity index (χ0) is 24.8. The molecule has 0 heterocycles. The lowest BCUT2D eigenvalue weighted by Gasteiger charge is -2.32. The van der Waals surface area contributed by atoms with Crippen LogP contribution in [0.1, 0.15) is 32.8 Å². The largest absolute Gasteiger partial charge is 0.352 e. The highest BCUT2D eigenvalue weighted by atomic mass is 35.5. The van der Waals surface area contributed by atoms with Crippen LogP contribution in [0.4, 0.5) is 5.69 Å². The van der Waals surface area contributed by atoms with E-state index in [1.54, 1.807) is 55.5 Å². The molecule has 2 aromatic rings. The Hall–Kier alpha value is -2.29. The fourth-order valence-electron chi connectivity index (χ4n) is 3.09. The minimum Gasteiger partial charge on any atom is -0.352 e. The molecular weight excluding hydrogens is 485 g/mol. The first-order valence-corrected chi connectivity index (χ1v) is 13.1. The van der Waals surface area contributed by atoms with Crippen LogP contribution in [0.2, 0.25) is 10.0 Å². The number of anilines is 1. The van der Waals surface area contributed by atoms with E-state index in [0.29, 0.717) is 21.3 Å². The molecule has 2 aromatic carbocycles. The third-order valence-electron chi connectivity index (χ3n) is 5.25. The van der Waals surface area contributed by atoms with Gasteiger partial charge in [0.1, 0.15) is 12.6 Å². The van der Waals surface area contributed by atoms with Gasteiger partial charge in [-0.2, -0.15) is 0 Å². The zero-order valence-corrected chi connectivity index (χ0v) is 21.4. The smallest absolute Gasteiger partial charge is 0.244 e. The van der Waals surface area contributed by atoms with E-state index >= 15 is 0 Å². The van der Waals surface area contributed by atoms with Crippen molar-refractivity contribution in [3.8, 4) is 0 Å². The van der Waals surface area contributed by atoms with Crippen molar-refractivity contribution >= 4 is 50.7 Å². The lowest BCUT2D eigenvalue weighted by atomic mass is 10.1. The van der Waals surface area contributed by atoms with Crippen molar-refractivity contribution in [2.45, 2.75) is 45.8 Å². The molecule has 2 rings (SSSR count). The second kappa shape index (κ2) is 11.7. The zero-order valence-electron chi connectivity index (χ0n) is 19.1. The molecule has 0 saturated heterocycles. The van der Waals surface area contributed by atoms with Gasteiger partial charge in [-0.15, -0.1) is 0 Å². The molecule has 180 valence electrons. The Labute approximate surface area is 205 Å². The van der Waals surface area contributed by atoms with Crippen LogP contribution in [0, 0.1) is 0 Å². The molecule has 0 saturated carbocycles. The highest BCUT2D eigenvalue weighted by Gasteiger charge is 2.30. The number of carbonyl (C=O) groups excluding carboxylic acids is 2. The molecule has 0 aliphatic rings. The molecule has 33 heavy (non-hydrogen) atoms. The third-order valence-corrected chi connectivity index (χ3v) is 6.98. The summed E-state index contributed by atoms with van der Waals surface area (Å²) in [5, 5.41) is 3.66. The second-order valence-corrected chi connectivity index (χ2v) is 10.6. The number of rotatable bonds is 10. The Morgan fingerprint density at radius 1 is 1.06 bits per heavy atom. The third kappa shape index (κ3) is 7.62. The van der Waals surface area contributed by atoms with Gasteiger partial charge in [0.05, 0.1) is 11.9 Å². The molecule has 0 aliphatic heterocycles. The number of nitrogens with one attached hydrogen (secondary N) is 1. The van der Waals surface area contributed by atoms with E-state index in [1.165, 1.54) is 4.90 Å². The van der Waals surface area contributed by atoms with E-state index in [1.807, 2.05) is 13.8 Å². The molecule has 7 nitrogen and oxygen atoms in total. The van der Waals surface area contributed by atoms with Gasteiger partial charge in [-0.25, -0.2) is 8.42 Å². The summed E-state index contributed by atoms with van der Waals surface area (Å²) < 4.78 is 26.0. The van der Waals surface area contributed by atoms with Crippen LogP contribution in [0.5, 0.6) is 0 Å². The van der Waals surface area contributed by atoms with Crippen molar-refractivity contribution in [1.29, 1.82) is 0 Å². The lowest BCUT2D eigenvalue weighted by molar-refractivity contribution is -0.139. The maximum Gasteiger partial charge on any atom is 0.244 e. The number of nitrogens with zero attached hydrogens (tertiary/aromatic N) is 2. The topological polar surface area (TPSA) is 86.8 Å². The lowest BCUT2D eigenvalue weighted by Crippen LogP contribution is -2.52. The van der Waals surface area contributed by atoms with Gasteiger partial charge in [0.25, 0.3) is 0 Å². The van der Waals surface area contributed by atoms with Crippen molar-refractivity contribution in [3.63, 3.8) is 0 Å². The van der Waals surface area contributed by atoms with E-state index in [2.05, 4.69) is 5.32 Å². The number of hydrogen-bond acceptors (Lipinski definition) is 4. The van der Waals surface area contributed by atoms with Gasteiger partial charge in [-0.3, -0.25) is 13.9 Å². The quantitative estimate of drug-likeness (QED) is 0.518. The number of para-hydroxylation sites is 1. The van der Waals surface area contributed by atoms with Crippen LogP contribution in [-0.4, -0.2) is 50.0 Å². The summed E-state index contributed by atoms with van der Waals surface area (Å²) in [5.74, 6) is -0.879. The van der Waals surface area contributed by atoms with E-state index in [4.69, 9.17) is 23.2 Å². The Bertz CT molecular complexity index is 1080. The maximum absolute atomic E-state index is 13.4. The molecule has 0 aliphatic carbocycles. The molecule has 0 radical (unpaired) electrons. The van der Waals surface area contributed by atoms with Gasteiger partial charge in [-0.1, -0.05) is 54.4 Å². The van der Waals surface area contributed by atoms with Crippen molar-refractivity contribution in [1.82, 2.24) is 10.2 Å². The van der Waals surface area contributed by atoms with Gasteiger partial charge in [-0.05, 0) is 50.1 Å². The fraction of sp³-hybridized carbons (Fsp3) is 0.391. The van der Waals surface area contributed by atoms with Crippen LogP contribution in [0.3, 0.4) is 0 Å². The van der Waals surface area contributed by atoms with Gasteiger partial charge in [0, 0.05) is 22.6 Å². The van der Waals surface area contributed by atoms with Crippen LogP contribution in [0.25, 0.3) is 0 Å². The second-order valence-electron chi connectivity index (χ2n) is 7.86. The first kappa shape index (κ1) is 27.0. The molecule has 0 bridgehead atoms. The van der Waals surface area contributed by atoms with Gasteiger partial charge < -0.3 is 10.2 Å². The number of hydrogen-bond donors (Lipinski definition) is 1. The Morgan fingerprint density at radius 2 is 1.70 bits per heavy atom. The standard InChI is InChI=1S/C23H29Cl2N3O4S/c1-5-16(2)26-23(30)17(3)27(14-18-11-12-19(24)13-21(18)25)22(29)15-28(33(4,31)32)20-9-7-6-8-10-20/h6-13,16-17H,5,14-15H2,1-4H3,(H,26,30)/t16-,17+/m0/s1. The summed E-state index contributed by atoms with van der Waals surface area (Å²) >= 11 is 12.3. The highest BCUT2D eigenvalue weighted by molar-refractivity contribution is 7.92. The minimum atomic E-state index is -3.76. The summed E-state index contributed by atoms with van der Waals surface area (Å²) in [6, 6.07) is 12.3. The van der Waals surface area contributed by atoms with Gasteiger partial charge >= 0.3 is 0 Å². The Kier molecular flexibility index (Phi) is 9.57. The van der Waals surface area contributed by atoms with Gasteiger partial charge in [0.15, 0.2) is 0 Å². The van der Waals surface area contributed by atoms with Crippen LogP contribution < -0.4 is 9.62 Å². The molecule has 2 amide bonds. The molecule has 0 unspecified atom stereocenters.